The maximum Gasteiger partial charge on any atom is 0.231 e. The second-order valence-corrected chi connectivity index (χ2v) is 10.0. The third-order valence-corrected chi connectivity index (χ3v) is 7.47. The van der Waals surface area contributed by atoms with Crippen LogP contribution in [0, 0.1) is 13.8 Å². The lowest BCUT2D eigenvalue weighted by atomic mass is 10.1. The predicted molar refractivity (Wildman–Crippen MR) is 130 cm³/mol. The van der Waals surface area contributed by atoms with E-state index in [4.69, 9.17) is 0 Å². The number of para-hydroxylation sites is 1. The number of aromatic nitrogens is 3. The van der Waals surface area contributed by atoms with Crippen molar-refractivity contribution in [3.8, 4) is 0 Å². The molecular weight excluding hydrogens is 446 g/mol. The van der Waals surface area contributed by atoms with Gasteiger partial charge >= 0.3 is 0 Å². The number of carbonyl (C=O) groups is 1. The van der Waals surface area contributed by atoms with Crippen LogP contribution in [0.1, 0.15) is 21.8 Å². The molecule has 158 valence electrons. The summed E-state index contributed by atoms with van der Waals surface area (Å²) in [6.07, 6.45) is 0.271. The second kappa shape index (κ2) is 10.0. The topological polar surface area (TPSA) is 79.8 Å². The van der Waals surface area contributed by atoms with Crippen LogP contribution < -0.4 is 10.6 Å². The average Bonchev–Trinajstić information content (AvgIpc) is 3.40. The van der Waals surface area contributed by atoms with E-state index in [9.17, 15) is 4.79 Å². The van der Waals surface area contributed by atoms with E-state index in [-0.39, 0.29) is 12.3 Å². The fraction of sp³-hybridized carbons (Fsp3) is 0.182. The van der Waals surface area contributed by atoms with Gasteiger partial charge in [0.1, 0.15) is 5.01 Å². The molecule has 4 rings (SSSR count). The first-order chi connectivity index (χ1) is 15.1. The van der Waals surface area contributed by atoms with Gasteiger partial charge < -0.3 is 10.6 Å². The molecule has 0 fully saturated rings. The molecule has 2 N–H and O–H groups in total. The molecule has 6 nitrogen and oxygen atoms in total. The van der Waals surface area contributed by atoms with Gasteiger partial charge in [0.2, 0.25) is 11.0 Å². The summed E-state index contributed by atoms with van der Waals surface area (Å²) < 4.78 is 0.879. The van der Waals surface area contributed by atoms with Crippen molar-refractivity contribution >= 4 is 56.8 Å². The number of nitrogens with zero attached hydrogens (tertiary/aromatic N) is 3. The van der Waals surface area contributed by atoms with Crippen molar-refractivity contribution < 1.29 is 4.79 Å². The van der Waals surface area contributed by atoms with Gasteiger partial charge in [-0.1, -0.05) is 53.4 Å². The first-order valence-electron chi connectivity index (χ1n) is 9.64. The largest absolute Gasteiger partial charge is 0.330 e. The summed E-state index contributed by atoms with van der Waals surface area (Å²) in [5, 5.41) is 18.3. The number of anilines is 3. The zero-order chi connectivity index (χ0) is 21.6. The minimum absolute atomic E-state index is 0.0639. The van der Waals surface area contributed by atoms with E-state index in [0.717, 1.165) is 31.5 Å². The quantitative estimate of drug-likeness (QED) is 0.318. The minimum Gasteiger partial charge on any atom is -0.330 e. The lowest BCUT2D eigenvalue weighted by Gasteiger charge is -2.08. The number of nitrogens with one attached hydrogen (secondary N) is 2. The molecule has 0 bridgehead atoms. The van der Waals surface area contributed by atoms with Crippen LogP contribution in [0.25, 0.3) is 0 Å². The molecule has 0 aliphatic rings. The van der Waals surface area contributed by atoms with Crippen molar-refractivity contribution in [1.29, 1.82) is 0 Å². The van der Waals surface area contributed by atoms with Gasteiger partial charge in [-0.3, -0.25) is 4.79 Å². The van der Waals surface area contributed by atoms with Crippen LogP contribution in [0.4, 0.5) is 16.5 Å². The highest BCUT2D eigenvalue weighted by molar-refractivity contribution is 8.00. The van der Waals surface area contributed by atoms with Gasteiger partial charge in [0, 0.05) is 22.5 Å². The Morgan fingerprint density at radius 2 is 1.90 bits per heavy atom. The molecule has 1 amide bonds. The molecule has 0 aliphatic carbocycles. The molecule has 4 aromatic rings. The standard InChI is InChI=1S/C22H21N5OS3/c1-14-7-6-10-18(15(14)2)25-21-26-27-22(31-21)30-13-17-12-29-20(24-17)11-19(28)23-16-8-4-3-5-9-16/h3-10,12H,11,13H2,1-2H3,(H,23,28)(H,25,26). The Balaban J connectivity index is 1.29. The number of aryl methyl sites for hydroxylation is 1. The second-order valence-electron chi connectivity index (χ2n) is 6.86. The number of hydrogen-bond acceptors (Lipinski definition) is 8. The van der Waals surface area contributed by atoms with Gasteiger partial charge in [-0.15, -0.1) is 21.5 Å². The Bertz CT molecular complexity index is 1170. The lowest BCUT2D eigenvalue weighted by Crippen LogP contribution is -2.14. The molecule has 0 radical (unpaired) electrons. The normalized spacial score (nSPS) is 10.8. The molecule has 0 spiro atoms. The molecule has 2 aromatic heterocycles. The van der Waals surface area contributed by atoms with Gasteiger partial charge in [0.05, 0.1) is 12.1 Å². The Kier molecular flexibility index (Phi) is 6.96. The van der Waals surface area contributed by atoms with Gasteiger partial charge in [-0.25, -0.2) is 4.98 Å². The molecular formula is C22H21N5OS3. The first-order valence-corrected chi connectivity index (χ1v) is 12.3. The van der Waals surface area contributed by atoms with Crippen LogP contribution in [0.3, 0.4) is 0 Å². The van der Waals surface area contributed by atoms with Crippen molar-refractivity contribution in [3.63, 3.8) is 0 Å². The molecule has 9 heteroatoms. The number of benzene rings is 2. The highest BCUT2D eigenvalue weighted by Crippen LogP contribution is 2.31. The fourth-order valence-electron chi connectivity index (χ4n) is 2.82. The van der Waals surface area contributed by atoms with E-state index >= 15 is 0 Å². The summed E-state index contributed by atoms with van der Waals surface area (Å²) in [6.45, 7) is 4.18. The van der Waals surface area contributed by atoms with Crippen LogP contribution in [-0.4, -0.2) is 21.1 Å². The third kappa shape index (κ3) is 5.90. The SMILES string of the molecule is Cc1cccc(Nc2nnc(SCc3csc(CC(=O)Nc4ccccc4)n3)s2)c1C. The third-order valence-electron chi connectivity index (χ3n) is 4.56. The van der Waals surface area contributed by atoms with E-state index in [0.29, 0.717) is 5.75 Å². The van der Waals surface area contributed by atoms with E-state index in [1.165, 1.54) is 33.8 Å². The Hall–Kier alpha value is -2.75. The smallest absolute Gasteiger partial charge is 0.231 e. The molecule has 0 saturated heterocycles. The maximum absolute atomic E-state index is 12.2. The van der Waals surface area contributed by atoms with E-state index in [2.05, 4.69) is 45.7 Å². The van der Waals surface area contributed by atoms with E-state index < -0.39 is 0 Å². The summed E-state index contributed by atoms with van der Waals surface area (Å²) >= 11 is 4.62. The Labute approximate surface area is 193 Å². The highest BCUT2D eigenvalue weighted by atomic mass is 32.2. The first kappa shape index (κ1) is 21.5. The Morgan fingerprint density at radius 1 is 1.06 bits per heavy atom. The van der Waals surface area contributed by atoms with Crippen molar-refractivity contribution in [3.05, 3.63) is 75.7 Å². The molecule has 0 unspecified atom stereocenters. The van der Waals surface area contributed by atoms with Crippen LogP contribution in [0.15, 0.2) is 58.3 Å². The predicted octanol–water partition coefficient (Wildman–Crippen LogP) is 5.83. The minimum atomic E-state index is -0.0639. The monoisotopic (exact) mass is 467 g/mol. The van der Waals surface area contributed by atoms with Gasteiger partial charge in [-0.05, 0) is 43.2 Å². The maximum atomic E-state index is 12.2. The number of rotatable bonds is 8. The van der Waals surface area contributed by atoms with Crippen LogP contribution in [-0.2, 0) is 17.0 Å². The van der Waals surface area contributed by atoms with Crippen LogP contribution >= 0.6 is 34.4 Å². The number of thiazole rings is 1. The molecule has 2 aromatic carbocycles. The number of carbonyl (C=O) groups excluding carboxylic acids is 1. The summed E-state index contributed by atoms with van der Waals surface area (Å²) in [5.74, 6) is 0.626. The molecule has 0 saturated carbocycles. The summed E-state index contributed by atoms with van der Waals surface area (Å²) in [5.41, 5.74) is 5.22. The summed E-state index contributed by atoms with van der Waals surface area (Å²) in [6, 6.07) is 15.6. The van der Waals surface area contributed by atoms with Gasteiger partial charge in [0.25, 0.3) is 0 Å². The highest BCUT2D eigenvalue weighted by Gasteiger charge is 2.11. The average molecular weight is 468 g/mol. The van der Waals surface area contributed by atoms with Gasteiger partial charge in [-0.2, -0.15) is 0 Å². The molecule has 31 heavy (non-hydrogen) atoms. The zero-order valence-electron chi connectivity index (χ0n) is 17.1. The van der Waals surface area contributed by atoms with Crippen molar-refractivity contribution in [1.82, 2.24) is 15.2 Å². The van der Waals surface area contributed by atoms with Crippen molar-refractivity contribution in [2.45, 2.75) is 30.4 Å². The number of thioether (sulfide) groups is 1. The Morgan fingerprint density at radius 3 is 2.74 bits per heavy atom. The molecule has 2 heterocycles. The van der Waals surface area contributed by atoms with Crippen LogP contribution in [0.2, 0.25) is 0 Å². The summed E-state index contributed by atoms with van der Waals surface area (Å²) in [4.78, 5) is 16.8. The lowest BCUT2D eigenvalue weighted by molar-refractivity contribution is -0.115. The van der Waals surface area contributed by atoms with Crippen LogP contribution in [0.5, 0.6) is 0 Å². The fourth-order valence-corrected chi connectivity index (χ4v) is 5.37. The van der Waals surface area contributed by atoms with E-state index in [1.54, 1.807) is 11.8 Å². The zero-order valence-corrected chi connectivity index (χ0v) is 19.5. The van der Waals surface area contributed by atoms with Gasteiger partial charge in [0.15, 0.2) is 4.34 Å². The number of hydrogen-bond donors (Lipinski definition) is 2. The molecule has 0 aliphatic heterocycles. The van der Waals surface area contributed by atoms with E-state index in [1.807, 2.05) is 47.8 Å². The summed E-state index contributed by atoms with van der Waals surface area (Å²) in [7, 11) is 0. The number of amides is 1. The van der Waals surface area contributed by atoms with Crippen molar-refractivity contribution in [2.75, 3.05) is 10.6 Å². The van der Waals surface area contributed by atoms with Crippen molar-refractivity contribution in [2.24, 2.45) is 0 Å². The molecule has 0 atom stereocenters.